The molecule has 136 valence electrons. The van der Waals surface area contributed by atoms with Crippen LogP contribution < -0.4 is 10.1 Å². The largest absolute Gasteiger partial charge is 0.496 e. The van der Waals surface area contributed by atoms with Gasteiger partial charge in [-0.2, -0.15) is 0 Å². The molecular weight excluding hydrogens is 328 g/mol. The summed E-state index contributed by atoms with van der Waals surface area (Å²) < 4.78 is 30.9. The lowest BCUT2D eigenvalue weighted by Gasteiger charge is -2.18. The second-order valence-electron chi connectivity index (χ2n) is 6.36. The van der Waals surface area contributed by atoms with Gasteiger partial charge in [-0.25, -0.2) is 12.7 Å². The van der Waals surface area contributed by atoms with Gasteiger partial charge in [0.05, 0.1) is 12.0 Å². The average Bonchev–Trinajstić information content (AvgIpc) is 2.52. The van der Waals surface area contributed by atoms with Crippen LogP contribution in [-0.4, -0.2) is 45.9 Å². The summed E-state index contributed by atoms with van der Waals surface area (Å²) in [6, 6.07) is 4.81. The fraction of sp³-hybridized carbons (Fsp3) is 0.588. The van der Waals surface area contributed by atoms with Crippen molar-refractivity contribution in [1.29, 1.82) is 0 Å². The molecule has 0 bridgehead atoms. The third-order valence-corrected chi connectivity index (χ3v) is 5.85. The van der Waals surface area contributed by atoms with E-state index in [-0.39, 0.29) is 23.3 Å². The molecule has 0 heterocycles. The molecule has 0 aliphatic carbocycles. The summed E-state index contributed by atoms with van der Waals surface area (Å²) in [7, 11) is 0.984. The lowest BCUT2D eigenvalue weighted by atomic mass is 10.1. The average molecular weight is 356 g/mol. The van der Waals surface area contributed by atoms with Crippen molar-refractivity contribution in [2.24, 2.45) is 5.92 Å². The molecule has 0 radical (unpaired) electrons. The minimum atomic E-state index is -3.52. The first-order valence-electron chi connectivity index (χ1n) is 7.98. The van der Waals surface area contributed by atoms with Crippen molar-refractivity contribution in [2.75, 3.05) is 21.2 Å². The highest BCUT2D eigenvalue weighted by molar-refractivity contribution is 7.89. The van der Waals surface area contributed by atoms with E-state index in [2.05, 4.69) is 5.32 Å². The standard InChI is InChI=1S/C17H28N2O4S/c1-12(2)13(3)18-17(20)10-7-14-11-15(8-9-16(14)23-6)24(21,22)19(4)5/h8-9,11-13H,7,10H2,1-6H3,(H,18,20)/t13-/m0/s1. The number of nitrogens with zero attached hydrogens (tertiary/aromatic N) is 1. The number of carbonyl (C=O) groups excluding carboxylic acids is 1. The first-order valence-corrected chi connectivity index (χ1v) is 9.42. The minimum Gasteiger partial charge on any atom is -0.496 e. The lowest BCUT2D eigenvalue weighted by molar-refractivity contribution is -0.121. The first kappa shape index (κ1) is 20.4. The fourth-order valence-corrected chi connectivity index (χ4v) is 3.02. The quantitative estimate of drug-likeness (QED) is 0.773. The van der Waals surface area contributed by atoms with Crippen molar-refractivity contribution in [3.63, 3.8) is 0 Å². The second kappa shape index (κ2) is 8.48. The zero-order valence-electron chi connectivity index (χ0n) is 15.3. The molecule has 1 N–H and O–H groups in total. The van der Waals surface area contributed by atoms with Gasteiger partial charge in [0.25, 0.3) is 0 Å². The van der Waals surface area contributed by atoms with Crippen molar-refractivity contribution >= 4 is 15.9 Å². The Kier molecular flexibility index (Phi) is 7.23. The van der Waals surface area contributed by atoms with Gasteiger partial charge >= 0.3 is 0 Å². The Labute approximate surface area is 145 Å². The third-order valence-electron chi connectivity index (χ3n) is 4.04. The number of benzene rings is 1. The molecule has 1 rings (SSSR count). The van der Waals surface area contributed by atoms with Gasteiger partial charge in [0, 0.05) is 26.6 Å². The van der Waals surface area contributed by atoms with Gasteiger partial charge in [0.1, 0.15) is 5.75 Å². The second-order valence-corrected chi connectivity index (χ2v) is 8.51. The predicted octanol–water partition coefficient (Wildman–Crippen LogP) is 2.04. The number of nitrogens with one attached hydrogen (secondary N) is 1. The molecular formula is C17H28N2O4S. The lowest BCUT2D eigenvalue weighted by Crippen LogP contribution is -2.36. The van der Waals surface area contributed by atoms with E-state index in [0.29, 0.717) is 23.7 Å². The number of amides is 1. The van der Waals surface area contributed by atoms with Crippen molar-refractivity contribution in [2.45, 2.75) is 44.6 Å². The number of rotatable bonds is 8. The van der Waals surface area contributed by atoms with Crippen LogP contribution >= 0.6 is 0 Å². The van der Waals surface area contributed by atoms with Crippen LogP contribution in [0.2, 0.25) is 0 Å². The molecule has 6 nitrogen and oxygen atoms in total. The van der Waals surface area contributed by atoms with Gasteiger partial charge in [-0.1, -0.05) is 13.8 Å². The summed E-state index contributed by atoms with van der Waals surface area (Å²) in [6.45, 7) is 6.06. The van der Waals surface area contributed by atoms with Crippen LogP contribution in [0.3, 0.4) is 0 Å². The molecule has 24 heavy (non-hydrogen) atoms. The summed E-state index contributed by atoms with van der Waals surface area (Å²) in [5.41, 5.74) is 0.702. The van der Waals surface area contributed by atoms with E-state index in [0.717, 1.165) is 4.31 Å². The summed E-state index contributed by atoms with van der Waals surface area (Å²) in [5, 5.41) is 2.94. The first-order chi connectivity index (χ1) is 11.1. The Morgan fingerprint density at radius 3 is 2.38 bits per heavy atom. The van der Waals surface area contributed by atoms with Crippen LogP contribution in [0.5, 0.6) is 5.75 Å². The van der Waals surface area contributed by atoms with Crippen LogP contribution in [0.25, 0.3) is 0 Å². The Balaban J connectivity index is 2.92. The highest BCUT2D eigenvalue weighted by Gasteiger charge is 2.19. The van der Waals surface area contributed by atoms with Crippen molar-refractivity contribution in [1.82, 2.24) is 9.62 Å². The number of sulfonamides is 1. The van der Waals surface area contributed by atoms with Crippen LogP contribution in [-0.2, 0) is 21.2 Å². The van der Waals surface area contributed by atoms with Gasteiger partial charge in [-0.3, -0.25) is 4.79 Å². The molecule has 1 atom stereocenters. The molecule has 0 aromatic heterocycles. The number of aryl methyl sites for hydroxylation is 1. The van der Waals surface area contributed by atoms with E-state index in [1.165, 1.54) is 27.3 Å². The summed E-state index contributed by atoms with van der Waals surface area (Å²) in [4.78, 5) is 12.2. The summed E-state index contributed by atoms with van der Waals surface area (Å²) in [5.74, 6) is 0.883. The van der Waals surface area contributed by atoms with Gasteiger partial charge < -0.3 is 10.1 Å². The Morgan fingerprint density at radius 1 is 1.25 bits per heavy atom. The molecule has 0 spiro atoms. The number of carbonyl (C=O) groups is 1. The smallest absolute Gasteiger partial charge is 0.242 e. The van der Waals surface area contributed by atoms with Gasteiger partial charge in [0.15, 0.2) is 0 Å². The molecule has 1 aromatic rings. The van der Waals surface area contributed by atoms with Gasteiger partial charge in [0.2, 0.25) is 15.9 Å². The van der Waals surface area contributed by atoms with E-state index < -0.39 is 10.0 Å². The fourth-order valence-electron chi connectivity index (χ4n) is 2.06. The van der Waals surface area contributed by atoms with Gasteiger partial charge in [-0.05, 0) is 43.0 Å². The Bertz CT molecular complexity index is 669. The zero-order chi connectivity index (χ0) is 18.5. The van der Waals surface area contributed by atoms with Crippen LogP contribution in [0.15, 0.2) is 23.1 Å². The summed E-state index contributed by atoms with van der Waals surface area (Å²) in [6.07, 6.45) is 0.690. The highest BCUT2D eigenvalue weighted by atomic mass is 32.2. The Hall–Kier alpha value is -1.60. The van der Waals surface area contributed by atoms with Crippen LogP contribution in [0, 0.1) is 5.92 Å². The molecule has 1 aromatic carbocycles. The molecule has 0 unspecified atom stereocenters. The maximum atomic E-state index is 12.2. The highest BCUT2D eigenvalue weighted by Crippen LogP contribution is 2.25. The van der Waals surface area contributed by atoms with E-state index in [1.54, 1.807) is 12.1 Å². The maximum Gasteiger partial charge on any atom is 0.242 e. The number of hydrogen-bond acceptors (Lipinski definition) is 4. The van der Waals surface area contributed by atoms with E-state index in [4.69, 9.17) is 4.74 Å². The molecule has 0 saturated heterocycles. The number of methoxy groups -OCH3 is 1. The van der Waals surface area contributed by atoms with E-state index in [1.807, 2.05) is 20.8 Å². The van der Waals surface area contributed by atoms with Crippen LogP contribution in [0.1, 0.15) is 32.8 Å². The number of hydrogen-bond donors (Lipinski definition) is 1. The van der Waals surface area contributed by atoms with Crippen molar-refractivity contribution in [3.05, 3.63) is 23.8 Å². The summed E-state index contributed by atoms with van der Waals surface area (Å²) >= 11 is 0. The molecule has 0 saturated carbocycles. The monoisotopic (exact) mass is 356 g/mol. The van der Waals surface area contributed by atoms with E-state index >= 15 is 0 Å². The minimum absolute atomic E-state index is 0.0564. The predicted molar refractivity (Wildman–Crippen MR) is 94.6 cm³/mol. The molecule has 1 amide bonds. The molecule has 7 heteroatoms. The maximum absolute atomic E-state index is 12.2. The van der Waals surface area contributed by atoms with E-state index in [9.17, 15) is 13.2 Å². The zero-order valence-corrected chi connectivity index (χ0v) is 16.1. The van der Waals surface area contributed by atoms with Crippen molar-refractivity contribution in [3.8, 4) is 5.75 Å². The molecule has 0 aliphatic heterocycles. The molecule has 0 aliphatic rings. The SMILES string of the molecule is COc1ccc(S(=O)(=O)N(C)C)cc1CCC(=O)N[C@@H](C)C(C)C. The Morgan fingerprint density at radius 2 is 1.88 bits per heavy atom. The molecule has 0 fully saturated rings. The normalized spacial score (nSPS) is 13.2. The third kappa shape index (κ3) is 5.21. The van der Waals surface area contributed by atoms with Crippen LogP contribution in [0.4, 0.5) is 0 Å². The topological polar surface area (TPSA) is 75.7 Å². The van der Waals surface area contributed by atoms with Gasteiger partial charge in [-0.15, -0.1) is 0 Å². The van der Waals surface area contributed by atoms with Crippen molar-refractivity contribution < 1.29 is 17.9 Å². The number of ether oxygens (including phenoxy) is 1.